The van der Waals surface area contributed by atoms with Crippen LogP contribution in [0.15, 0.2) is 85.5 Å². The van der Waals surface area contributed by atoms with Crippen molar-refractivity contribution in [1.29, 1.82) is 0 Å². The molecule has 0 radical (unpaired) electrons. The van der Waals surface area contributed by atoms with Gasteiger partial charge in [-0.2, -0.15) is 0 Å². The van der Waals surface area contributed by atoms with E-state index in [4.69, 9.17) is 19.4 Å². The number of likely N-dealkylation sites (tertiary alicyclic amines) is 2. The first kappa shape index (κ1) is 41.3. The normalized spacial score (nSPS) is 23.6. The standard InChI is InChI=1S/C49H58N8O5/c1-28(2)41(52-30(5)61-6)43(58)56-26-31-18-20-48(56,22-31)45-50-24-39(53-45)34-14-12-33(13-15-34)35-16-17-38(37-11-9-8-10-36(35)37)40-25-51-46(54-40)49-21-19-32(23-49)27-57(49)44(59)42(29(3)4)55-47(60)62-7/h8-17,24-25,28-29,31-32,41-42,52H,5,18-23,26-27H2,1-4,6-7H3,(H,50,53)(H,51,54)(H,55,60)/t31-,32-,41-,42-,48-,49-/m0/s1. The zero-order chi connectivity index (χ0) is 43.5. The maximum absolute atomic E-state index is 14.1. The predicted octanol–water partition coefficient (Wildman–Crippen LogP) is 8.07. The van der Waals surface area contributed by atoms with Crippen LogP contribution >= 0.6 is 0 Å². The summed E-state index contributed by atoms with van der Waals surface area (Å²) < 4.78 is 10.1. The molecule has 3 amide bonds. The number of rotatable bonds is 13. The maximum Gasteiger partial charge on any atom is 0.407 e. The van der Waals surface area contributed by atoms with Crippen molar-refractivity contribution in [2.75, 3.05) is 27.3 Å². The molecule has 2 aliphatic heterocycles. The fourth-order valence-corrected chi connectivity index (χ4v) is 11.0. The van der Waals surface area contributed by atoms with Crippen LogP contribution < -0.4 is 10.6 Å². The molecule has 62 heavy (non-hydrogen) atoms. The molecule has 324 valence electrons. The minimum absolute atomic E-state index is 0.0483. The second-order valence-corrected chi connectivity index (χ2v) is 18.6. The Balaban J connectivity index is 0.966. The van der Waals surface area contributed by atoms with Gasteiger partial charge in [-0.15, -0.1) is 0 Å². The highest BCUT2D eigenvalue weighted by molar-refractivity contribution is 6.04. The summed E-state index contributed by atoms with van der Waals surface area (Å²) in [6, 6.07) is 20.2. The van der Waals surface area contributed by atoms with Crippen molar-refractivity contribution in [3.63, 3.8) is 0 Å². The molecular formula is C49H58N8O5. The van der Waals surface area contributed by atoms with Gasteiger partial charge in [-0.25, -0.2) is 14.8 Å². The summed E-state index contributed by atoms with van der Waals surface area (Å²) >= 11 is 0. The third-order valence-electron chi connectivity index (χ3n) is 14.3. The molecule has 9 rings (SSSR count). The number of H-pyrrole nitrogens is 2. The number of aromatic nitrogens is 4. The van der Waals surface area contributed by atoms with Gasteiger partial charge < -0.3 is 39.9 Å². The van der Waals surface area contributed by atoms with Gasteiger partial charge >= 0.3 is 6.09 Å². The number of ether oxygens (including phenoxy) is 2. The number of amides is 3. The first-order valence-electron chi connectivity index (χ1n) is 22.1. The molecule has 5 aromatic rings. The van der Waals surface area contributed by atoms with E-state index in [-0.39, 0.29) is 23.7 Å². The highest BCUT2D eigenvalue weighted by Gasteiger charge is 2.57. The van der Waals surface area contributed by atoms with E-state index in [0.717, 1.165) is 101 Å². The summed E-state index contributed by atoms with van der Waals surface area (Å²) in [5, 5.41) is 8.20. The second-order valence-electron chi connectivity index (χ2n) is 18.6. The summed E-state index contributed by atoms with van der Waals surface area (Å²) in [4.78, 5) is 61.7. The van der Waals surface area contributed by atoms with Crippen LogP contribution in [0.5, 0.6) is 0 Å². The van der Waals surface area contributed by atoms with Gasteiger partial charge in [0.1, 0.15) is 34.8 Å². The fraction of sp³-hybridized carbons (Fsp3) is 0.449. The smallest absolute Gasteiger partial charge is 0.407 e. The number of methoxy groups -OCH3 is 2. The molecule has 6 atom stereocenters. The van der Waals surface area contributed by atoms with Crippen LogP contribution in [-0.4, -0.2) is 87.0 Å². The van der Waals surface area contributed by atoms with Crippen LogP contribution in [-0.2, 0) is 30.1 Å². The monoisotopic (exact) mass is 838 g/mol. The first-order valence-corrected chi connectivity index (χ1v) is 22.1. The Hall–Kier alpha value is -6.11. The Labute approximate surface area is 363 Å². The number of alkyl carbamates (subject to hydrolysis) is 1. The Kier molecular flexibility index (Phi) is 10.6. The lowest BCUT2D eigenvalue weighted by atomic mass is 9.92. The fourth-order valence-electron chi connectivity index (χ4n) is 11.0. The predicted molar refractivity (Wildman–Crippen MR) is 238 cm³/mol. The van der Waals surface area contributed by atoms with Gasteiger partial charge in [0, 0.05) is 18.7 Å². The lowest BCUT2D eigenvalue weighted by molar-refractivity contribution is -0.141. The van der Waals surface area contributed by atoms with Crippen LogP contribution in [0, 0.1) is 23.7 Å². The van der Waals surface area contributed by atoms with Crippen molar-refractivity contribution in [1.82, 2.24) is 40.4 Å². The van der Waals surface area contributed by atoms with Crippen LogP contribution in [0.4, 0.5) is 4.79 Å². The van der Waals surface area contributed by atoms with Crippen molar-refractivity contribution >= 4 is 28.7 Å². The molecule has 4 fully saturated rings. The van der Waals surface area contributed by atoms with E-state index in [0.29, 0.717) is 24.3 Å². The molecule has 4 aliphatic rings. The van der Waals surface area contributed by atoms with Gasteiger partial charge in [0.05, 0.1) is 38.0 Å². The second kappa shape index (κ2) is 16.0. The topological polar surface area (TPSA) is 158 Å². The number of piperidine rings is 2. The molecule has 2 aliphatic carbocycles. The average molecular weight is 839 g/mol. The summed E-state index contributed by atoms with van der Waals surface area (Å²) in [7, 11) is 2.87. The molecule has 4 N–H and O–H groups in total. The van der Waals surface area contributed by atoms with Crippen molar-refractivity contribution in [2.24, 2.45) is 23.7 Å². The number of fused-ring (bicyclic) bond motifs is 5. The highest BCUT2D eigenvalue weighted by Crippen LogP contribution is 2.54. The molecular weight excluding hydrogens is 781 g/mol. The average Bonchev–Trinajstić information content (AvgIpc) is 4.16. The maximum atomic E-state index is 14.1. The number of nitrogens with one attached hydrogen (secondary N) is 4. The van der Waals surface area contributed by atoms with Gasteiger partial charge in [-0.3, -0.25) is 9.59 Å². The summed E-state index contributed by atoms with van der Waals surface area (Å²) in [5.41, 5.74) is 5.05. The van der Waals surface area contributed by atoms with E-state index in [1.54, 1.807) is 7.11 Å². The molecule has 2 saturated heterocycles. The zero-order valence-electron chi connectivity index (χ0n) is 36.6. The van der Waals surface area contributed by atoms with Crippen molar-refractivity contribution < 1.29 is 23.9 Å². The summed E-state index contributed by atoms with van der Waals surface area (Å²) in [6.07, 6.45) is 8.72. The number of hydrogen-bond donors (Lipinski definition) is 4. The number of imidazole rings is 2. The number of nitrogens with zero attached hydrogens (tertiary/aromatic N) is 4. The number of hydrogen-bond acceptors (Lipinski definition) is 8. The minimum Gasteiger partial charge on any atom is -0.483 e. The third-order valence-corrected chi connectivity index (χ3v) is 14.3. The van der Waals surface area contributed by atoms with Gasteiger partial charge in [-0.05, 0) is 96.2 Å². The van der Waals surface area contributed by atoms with Crippen molar-refractivity contribution in [3.05, 3.63) is 97.2 Å². The molecule has 3 aromatic carbocycles. The SMILES string of the molecule is C=C(N[C@H](C(=O)N1C[C@H]2CC[C@@]1(c1ncc(-c3ccc(-c4ccc(-c5cnc([C@@]67CC[C@H](CN6C(=O)[C@@H](NC(=O)OC)C(C)C)C7)[nH]5)c5ccccc45)cc3)[nH]1)C2)C(C)C)OC. The van der Waals surface area contributed by atoms with Crippen LogP contribution in [0.1, 0.15) is 77.9 Å². The van der Waals surface area contributed by atoms with Gasteiger partial charge in [-0.1, -0.05) is 88.4 Å². The van der Waals surface area contributed by atoms with Crippen LogP contribution in [0.2, 0.25) is 0 Å². The molecule has 2 saturated carbocycles. The van der Waals surface area contributed by atoms with Crippen LogP contribution in [0.3, 0.4) is 0 Å². The van der Waals surface area contributed by atoms with Gasteiger partial charge in [0.25, 0.3) is 0 Å². The summed E-state index contributed by atoms with van der Waals surface area (Å²) in [6.45, 7) is 13.2. The minimum atomic E-state index is -0.695. The van der Waals surface area contributed by atoms with E-state index in [1.807, 2.05) is 45.0 Å². The van der Waals surface area contributed by atoms with Crippen molar-refractivity contribution in [2.45, 2.75) is 89.4 Å². The molecule has 13 nitrogen and oxygen atoms in total. The highest BCUT2D eigenvalue weighted by atomic mass is 16.5. The summed E-state index contributed by atoms with van der Waals surface area (Å²) in [5.74, 6) is 2.75. The largest absolute Gasteiger partial charge is 0.483 e. The molecule has 0 spiro atoms. The molecule has 13 heteroatoms. The van der Waals surface area contributed by atoms with E-state index in [9.17, 15) is 14.4 Å². The quantitative estimate of drug-likeness (QED) is 0.0868. The number of carbonyl (C=O) groups excluding carboxylic acids is 3. The lowest BCUT2D eigenvalue weighted by Gasteiger charge is -2.40. The Morgan fingerprint density at radius 2 is 1.19 bits per heavy atom. The van der Waals surface area contributed by atoms with Crippen molar-refractivity contribution in [3.8, 4) is 33.6 Å². The molecule has 4 heterocycles. The van der Waals surface area contributed by atoms with E-state index in [2.05, 4.69) is 92.7 Å². The number of carbonyl (C=O) groups is 3. The molecule has 2 aromatic heterocycles. The molecule has 4 bridgehead atoms. The van der Waals surface area contributed by atoms with Gasteiger partial charge in [0.15, 0.2) is 5.88 Å². The Morgan fingerprint density at radius 1 is 0.694 bits per heavy atom. The lowest BCUT2D eigenvalue weighted by Crippen LogP contribution is -2.56. The van der Waals surface area contributed by atoms with Crippen LogP contribution in [0.25, 0.3) is 44.4 Å². The number of aromatic amines is 2. The van der Waals surface area contributed by atoms with Gasteiger partial charge in [0.2, 0.25) is 11.8 Å². The zero-order valence-corrected chi connectivity index (χ0v) is 36.6. The first-order chi connectivity index (χ1) is 29.8. The van der Waals surface area contributed by atoms with E-state index < -0.39 is 29.3 Å². The number of benzene rings is 3. The molecule has 0 unspecified atom stereocenters. The Bertz CT molecular complexity index is 2530. The van der Waals surface area contributed by atoms with E-state index in [1.165, 1.54) is 7.11 Å². The Morgan fingerprint density at radius 3 is 1.73 bits per heavy atom. The van der Waals surface area contributed by atoms with E-state index >= 15 is 0 Å². The third kappa shape index (κ3) is 6.89.